The van der Waals surface area contributed by atoms with Crippen LogP contribution in [0.1, 0.15) is 15.9 Å². The summed E-state index contributed by atoms with van der Waals surface area (Å²) in [4.78, 5) is 13.7. The molecule has 0 heterocycles. The van der Waals surface area contributed by atoms with Crippen molar-refractivity contribution in [2.24, 2.45) is 0 Å². The molecule has 0 aliphatic rings. The minimum Gasteiger partial charge on any atom is -0.337 e. The summed E-state index contributed by atoms with van der Waals surface area (Å²) in [6, 6.07) is 9.52. The second-order valence-electron chi connectivity index (χ2n) is 4.50. The van der Waals surface area contributed by atoms with Gasteiger partial charge in [0.05, 0.1) is 15.6 Å². The molecule has 0 saturated heterocycles. The van der Waals surface area contributed by atoms with E-state index in [4.69, 9.17) is 23.2 Å². The maximum atomic E-state index is 13.8. The molecule has 1 amide bonds. The minimum absolute atomic E-state index is 0.0128. The van der Waals surface area contributed by atoms with Crippen molar-refractivity contribution in [3.05, 3.63) is 67.9 Å². The number of rotatable bonds is 3. The van der Waals surface area contributed by atoms with Crippen molar-refractivity contribution in [2.75, 3.05) is 7.05 Å². The van der Waals surface area contributed by atoms with Crippen LogP contribution in [0.5, 0.6) is 0 Å². The Kier molecular flexibility index (Phi) is 5.25. The molecule has 2 nitrogen and oxygen atoms in total. The van der Waals surface area contributed by atoms with E-state index in [1.165, 1.54) is 17.0 Å². The molecule has 0 fully saturated rings. The van der Waals surface area contributed by atoms with Gasteiger partial charge in [-0.25, -0.2) is 4.39 Å². The zero-order chi connectivity index (χ0) is 15.6. The molecule has 0 spiro atoms. The van der Waals surface area contributed by atoms with Gasteiger partial charge in [0.1, 0.15) is 5.82 Å². The Morgan fingerprint density at radius 3 is 2.67 bits per heavy atom. The lowest BCUT2D eigenvalue weighted by Crippen LogP contribution is -2.27. The molecule has 0 radical (unpaired) electrons. The van der Waals surface area contributed by atoms with Crippen molar-refractivity contribution in [3.63, 3.8) is 0 Å². The predicted molar refractivity (Wildman–Crippen MR) is 86.4 cm³/mol. The van der Waals surface area contributed by atoms with Crippen LogP contribution in [0.15, 0.2) is 40.9 Å². The third-order valence-electron chi connectivity index (χ3n) is 2.95. The highest BCUT2D eigenvalue weighted by Gasteiger charge is 2.17. The van der Waals surface area contributed by atoms with Gasteiger partial charge in [-0.15, -0.1) is 0 Å². The number of carbonyl (C=O) groups excluding carboxylic acids is 1. The smallest absolute Gasteiger partial charge is 0.256 e. The molecule has 2 aromatic rings. The van der Waals surface area contributed by atoms with E-state index in [0.29, 0.717) is 20.1 Å². The number of nitrogens with zero attached hydrogens (tertiary/aromatic N) is 1. The highest BCUT2D eigenvalue weighted by Crippen LogP contribution is 2.26. The first-order chi connectivity index (χ1) is 9.90. The first-order valence-corrected chi connectivity index (χ1v) is 7.58. The van der Waals surface area contributed by atoms with E-state index >= 15 is 0 Å². The second-order valence-corrected chi connectivity index (χ2v) is 6.20. The zero-order valence-electron chi connectivity index (χ0n) is 11.0. The van der Waals surface area contributed by atoms with Gasteiger partial charge in [-0.05, 0) is 29.8 Å². The fraction of sp³-hybridized carbons (Fsp3) is 0.133. The molecule has 0 saturated carbocycles. The molecule has 0 N–H and O–H groups in total. The molecule has 0 atom stereocenters. The van der Waals surface area contributed by atoms with Crippen molar-refractivity contribution < 1.29 is 9.18 Å². The largest absolute Gasteiger partial charge is 0.337 e. The highest BCUT2D eigenvalue weighted by molar-refractivity contribution is 9.10. The van der Waals surface area contributed by atoms with Gasteiger partial charge in [0.15, 0.2) is 0 Å². The molecule has 0 aliphatic carbocycles. The van der Waals surface area contributed by atoms with Crippen molar-refractivity contribution in [1.29, 1.82) is 0 Å². The van der Waals surface area contributed by atoms with Crippen LogP contribution in [0.4, 0.5) is 4.39 Å². The van der Waals surface area contributed by atoms with Crippen LogP contribution >= 0.6 is 39.1 Å². The third-order valence-corrected chi connectivity index (χ3v) is 4.30. The topological polar surface area (TPSA) is 20.3 Å². The third kappa shape index (κ3) is 3.76. The first kappa shape index (κ1) is 16.3. The Hall–Kier alpha value is -1.10. The summed E-state index contributed by atoms with van der Waals surface area (Å²) in [6.07, 6.45) is 0. The number of halogens is 4. The Morgan fingerprint density at radius 1 is 1.29 bits per heavy atom. The van der Waals surface area contributed by atoms with Gasteiger partial charge in [0.2, 0.25) is 0 Å². The van der Waals surface area contributed by atoms with Crippen LogP contribution in [0.25, 0.3) is 0 Å². The zero-order valence-corrected chi connectivity index (χ0v) is 14.1. The van der Waals surface area contributed by atoms with Gasteiger partial charge < -0.3 is 4.90 Å². The first-order valence-electron chi connectivity index (χ1n) is 6.03. The molecule has 21 heavy (non-hydrogen) atoms. The van der Waals surface area contributed by atoms with Gasteiger partial charge in [0.25, 0.3) is 5.91 Å². The molecule has 110 valence electrons. The number of amides is 1. The maximum absolute atomic E-state index is 13.8. The van der Waals surface area contributed by atoms with E-state index in [1.54, 1.807) is 31.3 Å². The standard InChI is InChI=1S/C15H11BrCl2FNO/c1-20(8-9-3-2-4-12(17)14(9)18)15(21)11-6-5-10(16)7-13(11)19/h2-7H,8H2,1H3. The van der Waals surface area contributed by atoms with E-state index in [9.17, 15) is 9.18 Å². The predicted octanol–water partition coefficient (Wildman–Crippen LogP) is 5.17. The number of hydrogen-bond donors (Lipinski definition) is 0. The van der Waals surface area contributed by atoms with Gasteiger partial charge in [-0.2, -0.15) is 0 Å². The lowest BCUT2D eigenvalue weighted by molar-refractivity contribution is 0.0780. The number of hydrogen-bond acceptors (Lipinski definition) is 1. The fourth-order valence-corrected chi connectivity index (χ4v) is 2.58. The highest BCUT2D eigenvalue weighted by atomic mass is 79.9. The molecule has 0 unspecified atom stereocenters. The molecule has 0 aromatic heterocycles. The van der Waals surface area contributed by atoms with Crippen LogP contribution in [0.3, 0.4) is 0 Å². The van der Waals surface area contributed by atoms with E-state index in [2.05, 4.69) is 15.9 Å². The molecule has 2 rings (SSSR count). The van der Waals surface area contributed by atoms with Crippen LogP contribution in [0.2, 0.25) is 10.0 Å². The Morgan fingerprint density at radius 2 is 2.00 bits per heavy atom. The van der Waals surface area contributed by atoms with E-state index < -0.39 is 11.7 Å². The van der Waals surface area contributed by atoms with Crippen molar-refractivity contribution >= 4 is 45.0 Å². The minimum atomic E-state index is -0.571. The van der Waals surface area contributed by atoms with Gasteiger partial charge in [0, 0.05) is 18.1 Å². The van der Waals surface area contributed by atoms with Crippen LogP contribution in [-0.4, -0.2) is 17.9 Å². The average molecular weight is 391 g/mol. The summed E-state index contributed by atoms with van der Waals surface area (Å²) in [5.74, 6) is -0.991. The summed E-state index contributed by atoms with van der Waals surface area (Å²) < 4.78 is 14.4. The van der Waals surface area contributed by atoms with E-state index in [-0.39, 0.29) is 12.1 Å². The lowest BCUT2D eigenvalue weighted by atomic mass is 10.1. The maximum Gasteiger partial charge on any atom is 0.256 e. The number of benzene rings is 2. The molecule has 6 heteroatoms. The Balaban J connectivity index is 2.21. The average Bonchev–Trinajstić information content (AvgIpc) is 2.43. The van der Waals surface area contributed by atoms with Crippen molar-refractivity contribution in [3.8, 4) is 0 Å². The molecular weight excluding hydrogens is 380 g/mol. The second kappa shape index (κ2) is 6.77. The van der Waals surface area contributed by atoms with Crippen LogP contribution in [-0.2, 0) is 6.54 Å². The summed E-state index contributed by atoms with van der Waals surface area (Å²) in [5.41, 5.74) is 0.719. The quantitative estimate of drug-likeness (QED) is 0.708. The Bertz CT molecular complexity index is 693. The van der Waals surface area contributed by atoms with Crippen LogP contribution in [0, 0.1) is 5.82 Å². The molecule has 2 aromatic carbocycles. The molecule has 0 bridgehead atoms. The summed E-state index contributed by atoms with van der Waals surface area (Å²) >= 11 is 15.2. The number of carbonyl (C=O) groups is 1. The van der Waals surface area contributed by atoms with Gasteiger partial charge in [-0.1, -0.05) is 51.3 Å². The van der Waals surface area contributed by atoms with E-state index in [0.717, 1.165) is 0 Å². The normalized spacial score (nSPS) is 10.5. The molecule has 0 aliphatic heterocycles. The molecular formula is C15H11BrCl2FNO. The van der Waals surface area contributed by atoms with Crippen molar-refractivity contribution in [2.45, 2.75) is 6.54 Å². The lowest BCUT2D eigenvalue weighted by Gasteiger charge is -2.18. The summed E-state index contributed by atoms with van der Waals surface area (Å²) in [5, 5.41) is 0.819. The van der Waals surface area contributed by atoms with Gasteiger partial charge in [-0.3, -0.25) is 4.79 Å². The summed E-state index contributed by atoms with van der Waals surface area (Å²) in [6.45, 7) is 0.244. The Labute approximate surface area is 140 Å². The van der Waals surface area contributed by atoms with Crippen LogP contribution < -0.4 is 0 Å². The van der Waals surface area contributed by atoms with Crippen molar-refractivity contribution in [1.82, 2.24) is 4.90 Å². The fourth-order valence-electron chi connectivity index (χ4n) is 1.87. The SMILES string of the molecule is CN(Cc1cccc(Cl)c1Cl)C(=O)c1ccc(Br)cc1F. The van der Waals surface area contributed by atoms with E-state index in [1.807, 2.05) is 0 Å². The summed E-state index contributed by atoms with van der Waals surface area (Å²) in [7, 11) is 1.58. The monoisotopic (exact) mass is 389 g/mol. The van der Waals surface area contributed by atoms with Gasteiger partial charge >= 0.3 is 0 Å².